The van der Waals surface area contributed by atoms with Gasteiger partial charge in [-0.3, -0.25) is 9.10 Å². The first kappa shape index (κ1) is 24.4. The van der Waals surface area contributed by atoms with Gasteiger partial charge in [-0.15, -0.1) is 11.3 Å². The number of aromatic nitrogens is 2. The predicted molar refractivity (Wildman–Crippen MR) is 142 cm³/mol. The predicted octanol–water partition coefficient (Wildman–Crippen LogP) is 4.48. The summed E-state index contributed by atoms with van der Waals surface area (Å²) < 4.78 is 29.0. The Bertz CT molecular complexity index is 1420. The van der Waals surface area contributed by atoms with Gasteiger partial charge in [0, 0.05) is 38.1 Å². The number of amides is 1. The molecule has 0 bridgehead atoms. The van der Waals surface area contributed by atoms with E-state index < -0.39 is 10.0 Å². The first-order chi connectivity index (χ1) is 17.4. The molecule has 1 aliphatic heterocycles. The Morgan fingerprint density at radius 2 is 1.72 bits per heavy atom. The van der Waals surface area contributed by atoms with Crippen molar-refractivity contribution in [3.8, 4) is 0 Å². The molecule has 8 nitrogen and oxygen atoms in total. The molecule has 0 spiro atoms. The van der Waals surface area contributed by atoms with Gasteiger partial charge >= 0.3 is 0 Å². The fraction of sp³-hybridized carbons (Fsp3) is 0.200. The fourth-order valence-electron chi connectivity index (χ4n) is 4.14. The Morgan fingerprint density at radius 3 is 2.33 bits per heavy atom. The number of benzene rings is 2. The Morgan fingerprint density at radius 1 is 1.00 bits per heavy atom. The number of nitrogens with zero attached hydrogens (tertiary/aromatic N) is 4. The third kappa shape index (κ3) is 5.11. The highest BCUT2D eigenvalue weighted by Gasteiger charge is 2.27. The van der Waals surface area contributed by atoms with Gasteiger partial charge in [-0.2, -0.15) is 0 Å². The van der Waals surface area contributed by atoms with Gasteiger partial charge < -0.3 is 14.8 Å². The van der Waals surface area contributed by atoms with Gasteiger partial charge in [-0.1, -0.05) is 29.8 Å². The maximum Gasteiger partial charge on any atom is 0.264 e. The first-order valence-corrected chi connectivity index (χ1v) is 14.0. The molecule has 11 heteroatoms. The molecule has 0 unspecified atom stereocenters. The van der Waals surface area contributed by atoms with Crippen molar-refractivity contribution in [1.82, 2.24) is 14.9 Å². The van der Waals surface area contributed by atoms with E-state index in [1.54, 1.807) is 48.7 Å². The molecular weight excluding hydrogens is 518 g/mol. The molecule has 3 heterocycles. The van der Waals surface area contributed by atoms with Crippen LogP contribution in [0.25, 0.3) is 0 Å². The summed E-state index contributed by atoms with van der Waals surface area (Å²) in [6, 6.07) is 19.4. The zero-order valence-electron chi connectivity index (χ0n) is 19.2. The lowest BCUT2D eigenvalue weighted by molar-refractivity contribution is 0.0751. The van der Waals surface area contributed by atoms with Crippen molar-refractivity contribution in [2.45, 2.75) is 11.4 Å². The number of anilines is 2. The van der Waals surface area contributed by atoms with Crippen molar-refractivity contribution in [3.63, 3.8) is 0 Å². The summed E-state index contributed by atoms with van der Waals surface area (Å²) in [4.78, 5) is 24.6. The third-order valence-corrected chi connectivity index (χ3v) is 9.06. The zero-order valence-corrected chi connectivity index (χ0v) is 21.6. The highest BCUT2D eigenvalue weighted by Crippen LogP contribution is 2.29. The summed E-state index contributed by atoms with van der Waals surface area (Å²) in [5.74, 6) is 0.00228. The van der Waals surface area contributed by atoms with Crippen LogP contribution in [-0.4, -0.2) is 55.4 Å². The quantitative estimate of drug-likeness (QED) is 0.372. The number of halogens is 1. The van der Waals surface area contributed by atoms with Crippen LogP contribution in [0.2, 0.25) is 4.34 Å². The molecule has 0 radical (unpaired) electrons. The monoisotopic (exact) mass is 541 g/mol. The summed E-state index contributed by atoms with van der Waals surface area (Å²) >= 11 is 7.27. The second kappa shape index (κ2) is 10.3. The smallest absolute Gasteiger partial charge is 0.264 e. The number of nitrogens with one attached hydrogen (secondary N) is 1. The Hall–Kier alpha value is -3.34. The lowest BCUT2D eigenvalue weighted by atomic mass is 10.2. The topological polar surface area (TPSA) is 89.6 Å². The molecule has 0 aliphatic carbocycles. The number of rotatable bonds is 7. The number of H-pyrrole nitrogens is 1. The number of hydrogen-bond acceptors (Lipinski definition) is 6. The molecule has 36 heavy (non-hydrogen) atoms. The van der Waals surface area contributed by atoms with E-state index in [1.165, 1.54) is 22.0 Å². The number of carbonyl (C=O) groups excluding carboxylic acids is 1. The van der Waals surface area contributed by atoms with Crippen LogP contribution < -0.4 is 9.21 Å². The lowest BCUT2D eigenvalue weighted by Gasteiger charge is -2.36. The van der Waals surface area contributed by atoms with Gasteiger partial charge in [0.2, 0.25) is 0 Å². The van der Waals surface area contributed by atoms with Crippen LogP contribution in [-0.2, 0) is 16.6 Å². The van der Waals surface area contributed by atoms with Crippen LogP contribution in [0.4, 0.5) is 11.4 Å². The maximum absolute atomic E-state index is 13.5. The molecule has 2 aromatic carbocycles. The van der Waals surface area contributed by atoms with Gasteiger partial charge in [0.15, 0.2) is 0 Å². The second-order valence-electron chi connectivity index (χ2n) is 8.30. The van der Waals surface area contributed by atoms with E-state index in [-0.39, 0.29) is 17.3 Å². The van der Waals surface area contributed by atoms with E-state index >= 15 is 0 Å². The van der Waals surface area contributed by atoms with E-state index in [0.29, 0.717) is 46.8 Å². The van der Waals surface area contributed by atoms with Crippen LogP contribution >= 0.6 is 22.9 Å². The summed E-state index contributed by atoms with van der Waals surface area (Å²) in [7, 11) is -3.79. The molecule has 4 aromatic rings. The normalized spacial score (nSPS) is 14.1. The SMILES string of the molecule is O=C(c1ccc(Cl)s1)N1CCN(c2ccc(N(Cc3cnc[nH]3)S(=O)(=O)c3ccccc3)cc2)CC1. The summed E-state index contributed by atoms with van der Waals surface area (Å²) in [6.45, 7) is 2.70. The van der Waals surface area contributed by atoms with Gasteiger partial charge in [0.05, 0.1) is 38.4 Å². The van der Waals surface area contributed by atoms with Crippen molar-refractivity contribution in [2.24, 2.45) is 0 Å². The van der Waals surface area contributed by atoms with Crippen molar-refractivity contribution >= 4 is 50.2 Å². The summed E-state index contributed by atoms with van der Waals surface area (Å²) in [5.41, 5.74) is 2.22. The van der Waals surface area contributed by atoms with Crippen LogP contribution in [0.3, 0.4) is 0 Å². The highest BCUT2D eigenvalue weighted by molar-refractivity contribution is 7.92. The second-order valence-corrected chi connectivity index (χ2v) is 11.9. The Kier molecular flexibility index (Phi) is 6.99. The minimum absolute atomic E-state index is 0.00228. The van der Waals surface area contributed by atoms with E-state index in [1.807, 2.05) is 29.2 Å². The number of imidazole rings is 1. The minimum atomic E-state index is -3.79. The van der Waals surface area contributed by atoms with Crippen LogP contribution in [0, 0.1) is 0 Å². The number of sulfonamides is 1. The molecule has 2 aromatic heterocycles. The molecular formula is C25H24ClN5O3S2. The van der Waals surface area contributed by atoms with Gasteiger partial charge in [-0.25, -0.2) is 13.4 Å². The summed E-state index contributed by atoms with van der Waals surface area (Å²) in [5, 5.41) is 0. The molecule has 0 atom stereocenters. The third-order valence-electron chi connectivity index (χ3n) is 6.05. The molecule has 1 amide bonds. The Balaban J connectivity index is 1.32. The number of aromatic amines is 1. The standard InChI is InChI=1S/C25H24ClN5O3S2/c26-24-11-10-23(35-24)25(32)30-14-12-29(13-15-30)20-6-8-21(9-7-20)31(17-19-16-27-18-28-19)36(33,34)22-4-2-1-3-5-22/h1-11,16,18H,12-15,17H2,(H,27,28). The average molecular weight is 542 g/mol. The van der Waals surface area contributed by atoms with Crippen molar-refractivity contribution < 1.29 is 13.2 Å². The number of hydrogen-bond donors (Lipinski definition) is 1. The van der Waals surface area contributed by atoms with Gasteiger partial charge in [-0.05, 0) is 48.5 Å². The van der Waals surface area contributed by atoms with Crippen molar-refractivity contribution in [1.29, 1.82) is 0 Å². The van der Waals surface area contributed by atoms with Gasteiger partial charge in [0.1, 0.15) is 0 Å². The maximum atomic E-state index is 13.5. The first-order valence-electron chi connectivity index (χ1n) is 11.4. The average Bonchev–Trinajstić information content (AvgIpc) is 3.59. The van der Waals surface area contributed by atoms with E-state index in [9.17, 15) is 13.2 Å². The molecule has 1 aliphatic rings. The number of piperazine rings is 1. The van der Waals surface area contributed by atoms with E-state index in [4.69, 9.17) is 11.6 Å². The van der Waals surface area contributed by atoms with Crippen LogP contribution in [0.1, 0.15) is 15.4 Å². The lowest BCUT2D eigenvalue weighted by Crippen LogP contribution is -2.48. The molecule has 1 fully saturated rings. The van der Waals surface area contributed by atoms with E-state index in [2.05, 4.69) is 14.9 Å². The fourth-order valence-corrected chi connectivity index (χ4v) is 6.62. The highest BCUT2D eigenvalue weighted by atomic mass is 35.5. The van der Waals surface area contributed by atoms with Crippen LogP contribution in [0.5, 0.6) is 0 Å². The Labute approximate surface area is 218 Å². The van der Waals surface area contributed by atoms with Crippen molar-refractivity contribution in [2.75, 3.05) is 35.4 Å². The minimum Gasteiger partial charge on any atom is -0.368 e. The van der Waals surface area contributed by atoms with Crippen molar-refractivity contribution in [3.05, 3.63) is 94.2 Å². The molecule has 186 valence electrons. The molecule has 1 saturated heterocycles. The zero-order chi connectivity index (χ0) is 25.1. The summed E-state index contributed by atoms with van der Waals surface area (Å²) in [6.07, 6.45) is 3.15. The van der Waals surface area contributed by atoms with Gasteiger partial charge in [0.25, 0.3) is 15.9 Å². The van der Waals surface area contributed by atoms with E-state index in [0.717, 1.165) is 5.69 Å². The number of thiophene rings is 1. The number of carbonyl (C=O) groups is 1. The molecule has 5 rings (SSSR count). The van der Waals surface area contributed by atoms with Crippen LogP contribution in [0.15, 0.2) is 84.1 Å². The largest absolute Gasteiger partial charge is 0.368 e. The molecule has 1 N–H and O–H groups in total. The molecule has 0 saturated carbocycles.